The van der Waals surface area contributed by atoms with Gasteiger partial charge in [0.25, 0.3) is 11.7 Å². The second kappa shape index (κ2) is 5.66. The minimum Gasteiger partial charge on any atom is -0.319 e. The average molecular weight is 327 g/mol. The molecule has 0 aliphatic rings. The van der Waals surface area contributed by atoms with Crippen molar-refractivity contribution >= 4 is 29.0 Å². The molecule has 2 aromatic heterocycles. The predicted octanol–water partition coefficient (Wildman–Crippen LogP) is 2.52. The molecule has 0 bridgehead atoms. The van der Waals surface area contributed by atoms with Crippen molar-refractivity contribution in [3.63, 3.8) is 0 Å². The van der Waals surface area contributed by atoms with Gasteiger partial charge in [-0.1, -0.05) is 11.6 Å². The summed E-state index contributed by atoms with van der Waals surface area (Å²) >= 11 is 5.94. The second-order valence-corrected chi connectivity index (χ2v) is 5.35. The van der Waals surface area contributed by atoms with E-state index < -0.39 is 5.91 Å². The first-order valence-electron chi connectivity index (χ1n) is 6.70. The van der Waals surface area contributed by atoms with E-state index >= 15 is 0 Å². The molecule has 8 heteroatoms. The number of nitriles is 1. The molecular formula is C15H11ClN6O. The molecule has 0 saturated heterocycles. The van der Waals surface area contributed by atoms with E-state index in [1.54, 1.807) is 6.07 Å². The lowest BCUT2D eigenvalue weighted by atomic mass is 10.2. The molecule has 0 radical (unpaired) electrons. The fourth-order valence-corrected chi connectivity index (χ4v) is 2.36. The molecule has 0 aliphatic carbocycles. The van der Waals surface area contributed by atoms with Gasteiger partial charge >= 0.3 is 0 Å². The molecule has 0 atom stereocenters. The lowest BCUT2D eigenvalue weighted by molar-refractivity contribution is 0.101. The van der Waals surface area contributed by atoms with Gasteiger partial charge in [-0.2, -0.15) is 10.2 Å². The van der Waals surface area contributed by atoms with Crippen molar-refractivity contribution in [3.8, 4) is 6.07 Å². The first kappa shape index (κ1) is 14.9. The number of nitrogens with one attached hydrogen (secondary N) is 1. The van der Waals surface area contributed by atoms with Crippen LogP contribution in [0.5, 0.6) is 0 Å². The third kappa shape index (κ3) is 2.84. The van der Waals surface area contributed by atoms with Crippen molar-refractivity contribution in [2.24, 2.45) is 0 Å². The Kier molecular flexibility index (Phi) is 3.68. The quantitative estimate of drug-likeness (QED) is 0.780. The number of amides is 1. The molecule has 0 fully saturated rings. The Morgan fingerprint density at radius 2 is 2.09 bits per heavy atom. The first-order valence-corrected chi connectivity index (χ1v) is 7.08. The highest BCUT2D eigenvalue weighted by Gasteiger charge is 2.15. The summed E-state index contributed by atoms with van der Waals surface area (Å²) in [7, 11) is 0. The van der Waals surface area contributed by atoms with Gasteiger partial charge in [0.15, 0.2) is 0 Å². The summed E-state index contributed by atoms with van der Waals surface area (Å²) in [5, 5.41) is 15.9. The highest BCUT2D eigenvalue weighted by atomic mass is 35.5. The molecule has 114 valence electrons. The van der Waals surface area contributed by atoms with Crippen molar-refractivity contribution in [1.29, 1.82) is 5.26 Å². The van der Waals surface area contributed by atoms with E-state index in [4.69, 9.17) is 16.9 Å². The van der Waals surface area contributed by atoms with E-state index in [2.05, 4.69) is 20.4 Å². The molecule has 2 heterocycles. The van der Waals surface area contributed by atoms with Gasteiger partial charge < -0.3 is 5.32 Å². The van der Waals surface area contributed by atoms with Crippen molar-refractivity contribution in [2.75, 3.05) is 5.32 Å². The highest BCUT2D eigenvalue weighted by molar-refractivity contribution is 6.32. The summed E-state index contributed by atoms with van der Waals surface area (Å²) in [6.45, 7) is 3.71. The molecule has 3 aromatic rings. The zero-order chi connectivity index (χ0) is 16.6. The minimum absolute atomic E-state index is 0.00619. The number of nitrogens with zero attached hydrogens (tertiary/aromatic N) is 5. The van der Waals surface area contributed by atoms with E-state index in [-0.39, 0.29) is 10.8 Å². The Labute approximate surface area is 136 Å². The third-order valence-electron chi connectivity index (χ3n) is 3.17. The van der Waals surface area contributed by atoms with Crippen LogP contribution in [-0.4, -0.2) is 25.5 Å². The highest BCUT2D eigenvalue weighted by Crippen LogP contribution is 2.20. The fraction of sp³-hybridized carbons (Fsp3) is 0.133. The molecule has 0 saturated carbocycles. The number of benzene rings is 1. The van der Waals surface area contributed by atoms with E-state index in [0.717, 1.165) is 11.4 Å². The number of fused-ring (bicyclic) bond motifs is 1. The Morgan fingerprint density at radius 3 is 2.78 bits per heavy atom. The standard InChI is InChI=1S/C15H11ClN6O/c1-8-5-9(2)22-15(18-8)20-13(21-22)14(23)19-11-4-3-10(7-17)12(16)6-11/h3-6H,1-2H3,(H,19,23). The van der Waals surface area contributed by atoms with Crippen molar-refractivity contribution < 1.29 is 4.79 Å². The minimum atomic E-state index is -0.478. The molecular weight excluding hydrogens is 316 g/mol. The molecule has 7 nitrogen and oxygen atoms in total. The van der Waals surface area contributed by atoms with Gasteiger partial charge in [0.05, 0.1) is 10.6 Å². The van der Waals surface area contributed by atoms with Crippen molar-refractivity contribution in [2.45, 2.75) is 13.8 Å². The summed E-state index contributed by atoms with van der Waals surface area (Å²) < 4.78 is 1.51. The zero-order valence-electron chi connectivity index (χ0n) is 12.3. The van der Waals surface area contributed by atoms with Crippen LogP contribution in [0.1, 0.15) is 27.6 Å². The molecule has 23 heavy (non-hydrogen) atoms. The summed E-state index contributed by atoms with van der Waals surface area (Å²) in [6, 6.07) is 8.43. The van der Waals surface area contributed by atoms with Crippen LogP contribution in [0, 0.1) is 25.2 Å². The van der Waals surface area contributed by atoms with Crippen LogP contribution in [0.25, 0.3) is 5.78 Å². The largest absolute Gasteiger partial charge is 0.319 e. The normalized spacial score (nSPS) is 10.5. The number of aromatic nitrogens is 4. The third-order valence-corrected chi connectivity index (χ3v) is 3.48. The molecule has 1 aromatic carbocycles. The number of rotatable bonds is 2. The maximum Gasteiger partial charge on any atom is 0.295 e. The van der Waals surface area contributed by atoms with Gasteiger partial charge in [0, 0.05) is 17.1 Å². The van der Waals surface area contributed by atoms with Crippen molar-refractivity contribution in [3.05, 3.63) is 52.1 Å². The van der Waals surface area contributed by atoms with Crippen LogP contribution in [0.4, 0.5) is 5.69 Å². The number of aryl methyl sites for hydroxylation is 2. The van der Waals surface area contributed by atoms with Crippen molar-refractivity contribution in [1.82, 2.24) is 19.6 Å². The molecule has 1 amide bonds. The maximum atomic E-state index is 12.3. The lowest BCUT2D eigenvalue weighted by Gasteiger charge is -2.03. The van der Waals surface area contributed by atoms with Gasteiger partial charge in [-0.05, 0) is 38.1 Å². The molecule has 0 aliphatic heterocycles. The number of anilines is 1. The topological polar surface area (TPSA) is 96.0 Å². The predicted molar refractivity (Wildman–Crippen MR) is 84.4 cm³/mol. The summed E-state index contributed by atoms with van der Waals surface area (Å²) in [6.07, 6.45) is 0. The van der Waals surface area contributed by atoms with Gasteiger partial charge in [-0.15, -0.1) is 5.10 Å². The lowest BCUT2D eigenvalue weighted by Crippen LogP contribution is -2.14. The van der Waals surface area contributed by atoms with Crippen LogP contribution in [0.2, 0.25) is 5.02 Å². The summed E-state index contributed by atoms with van der Waals surface area (Å²) in [5.74, 6) is -0.106. The smallest absolute Gasteiger partial charge is 0.295 e. The number of hydrogen-bond acceptors (Lipinski definition) is 5. The molecule has 3 rings (SSSR count). The SMILES string of the molecule is Cc1cc(C)n2nc(C(=O)Nc3ccc(C#N)c(Cl)c3)nc2n1. The zero-order valence-corrected chi connectivity index (χ0v) is 13.1. The number of carbonyl (C=O) groups is 1. The van der Waals surface area contributed by atoms with E-state index in [9.17, 15) is 4.79 Å². The molecule has 0 spiro atoms. The van der Waals surface area contributed by atoms with Gasteiger partial charge in [-0.25, -0.2) is 9.50 Å². The van der Waals surface area contributed by atoms with Gasteiger partial charge in [-0.3, -0.25) is 4.79 Å². The molecule has 0 unspecified atom stereocenters. The number of halogens is 1. The Balaban J connectivity index is 1.90. The van der Waals surface area contributed by atoms with E-state index in [1.165, 1.54) is 16.6 Å². The van der Waals surface area contributed by atoms with Crippen LogP contribution in [0.15, 0.2) is 24.3 Å². The van der Waals surface area contributed by atoms with Gasteiger partial charge in [0.1, 0.15) is 6.07 Å². The van der Waals surface area contributed by atoms with E-state index in [1.807, 2.05) is 26.0 Å². The van der Waals surface area contributed by atoms with E-state index in [0.29, 0.717) is 17.0 Å². The Morgan fingerprint density at radius 1 is 1.30 bits per heavy atom. The van der Waals surface area contributed by atoms with Crippen LogP contribution < -0.4 is 5.32 Å². The monoisotopic (exact) mass is 326 g/mol. The van der Waals surface area contributed by atoms with Crippen LogP contribution in [0.3, 0.4) is 0 Å². The van der Waals surface area contributed by atoms with Crippen LogP contribution >= 0.6 is 11.6 Å². The maximum absolute atomic E-state index is 12.3. The average Bonchev–Trinajstić information content (AvgIpc) is 2.92. The van der Waals surface area contributed by atoms with Gasteiger partial charge in [0.2, 0.25) is 5.82 Å². The summed E-state index contributed by atoms with van der Waals surface area (Å²) in [5.41, 5.74) is 2.43. The second-order valence-electron chi connectivity index (χ2n) is 4.95. The van der Waals surface area contributed by atoms with Crippen LogP contribution in [-0.2, 0) is 0 Å². The molecule has 1 N–H and O–H groups in total. The Hall–Kier alpha value is -2.98. The number of carbonyl (C=O) groups excluding carboxylic acids is 1. The summed E-state index contributed by atoms with van der Waals surface area (Å²) in [4.78, 5) is 20.6. The first-order chi connectivity index (χ1) is 11.0. The Bertz CT molecular complexity index is 972. The number of hydrogen-bond donors (Lipinski definition) is 1. The fourth-order valence-electron chi connectivity index (χ4n) is 2.13.